The van der Waals surface area contributed by atoms with Gasteiger partial charge in [-0.05, 0) is 94.5 Å². The van der Waals surface area contributed by atoms with Crippen molar-refractivity contribution in [3.63, 3.8) is 0 Å². The molecule has 2 aromatic heterocycles. The van der Waals surface area contributed by atoms with E-state index >= 15 is 0 Å². The molecule has 0 aliphatic rings. The van der Waals surface area contributed by atoms with Gasteiger partial charge in [0.15, 0.2) is 5.58 Å². The summed E-state index contributed by atoms with van der Waals surface area (Å²) in [6, 6.07) is 76.1. The maximum absolute atomic E-state index is 7.14. The number of benzene rings is 10. The SMILES string of the molecule is C[Si](C)(C)c1ccc(N(c2ccccc2)c2ccc3c(c2)c2ccccc2c2c4ccc(N(c5ccccc5-c5ccccc5)c5cccc6c5oc5ccccc56)cc4oc32)cc1. The molecule has 0 amide bonds. The maximum atomic E-state index is 7.14. The Labute approximate surface area is 372 Å². The third-order valence-corrected chi connectivity index (χ3v) is 14.8. The van der Waals surface area contributed by atoms with E-state index in [9.17, 15) is 0 Å². The van der Waals surface area contributed by atoms with Gasteiger partial charge in [-0.3, -0.25) is 0 Å². The number of hydrogen-bond donors (Lipinski definition) is 0. The smallest absolute Gasteiger partial charge is 0.159 e. The van der Waals surface area contributed by atoms with E-state index < -0.39 is 8.07 Å². The lowest BCUT2D eigenvalue weighted by Crippen LogP contribution is -2.37. The van der Waals surface area contributed by atoms with Crippen molar-refractivity contribution in [2.75, 3.05) is 9.80 Å². The number of para-hydroxylation sites is 4. The van der Waals surface area contributed by atoms with Crippen LogP contribution in [0, 0.1) is 0 Å². The summed E-state index contributed by atoms with van der Waals surface area (Å²) in [5.41, 5.74) is 12.0. The predicted octanol–water partition coefficient (Wildman–Crippen LogP) is 16.9. The number of fused-ring (bicyclic) bond motifs is 11. The molecule has 0 saturated heterocycles. The van der Waals surface area contributed by atoms with E-state index in [1.165, 1.54) is 10.6 Å². The minimum atomic E-state index is -1.47. The van der Waals surface area contributed by atoms with E-state index in [1.807, 2.05) is 12.1 Å². The van der Waals surface area contributed by atoms with Gasteiger partial charge in [-0.1, -0.05) is 158 Å². The normalized spacial score (nSPS) is 12.0. The van der Waals surface area contributed by atoms with Gasteiger partial charge in [-0.15, -0.1) is 0 Å². The van der Waals surface area contributed by atoms with Gasteiger partial charge in [0.1, 0.15) is 16.7 Å². The summed E-state index contributed by atoms with van der Waals surface area (Å²) in [6.45, 7) is 7.19. The molecule has 0 spiro atoms. The second-order valence-corrected chi connectivity index (χ2v) is 22.8. The van der Waals surface area contributed by atoms with Crippen molar-refractivity contribution in [3.8, 4) is 11.1 Å². The zero-order valence-electron chi connectivity index (χ0n) is 35.9. The number of furan rings is 2. The van der Waals surface area contributed by atoms with Crippen LogP contribution in [0.1, 0.15) is 0 Å². The summed E-state index contributed by atoms with van der Waals surface area (Å²) in [7, 11) is -1.47. The van der Waals surface area contributed by atoms with E-state index in [1.54, 1.807) is 0 Å². The van der Waals surface area contributed by atoms with Crippen LogP contribution >= 0.6 is 0 Å². The van der Waals surface area contributed by atoms with Crippen LogP contribution < -0.4 is 15.0 Å². The number of nitrogens with zero attached hydrogens (tertiary/aromatic N) is 2. The molecular formula is C59H44N2O2Si. The fraction of sp³-hybridized carbons (Fsp3) is 0.0508. The van der Waals surface area contributed by atoms with Crippen LogP contribution in [0.3, 0.4) is 0 Å². The largest absolute Gasteiger partial charge is 0.455 e. The lowest BCUT2D eigenvalue weighted by atomic mass is 9.96. The molecule has 4 nitrogen and oxygen atoms in total. The summed E-state index contributed by atoms with van der Waals surface area (Å²) in [4.78, 5) is 4.69. The Balaban J connectivity index is 1.07. The Morgan fingerprint density at radius 2 is 0.906 bits per heavy atom. The fourth-order valence-corrected chi connectivity index (χ4v) is 10.9. The number of anilines is 6. The average molecular weight is 841 g/mol. The third-order valence-electron chi connectivity index (χ3n) is 12.8. The lowest BCUT2D eigenvalue weighted by Gasteiger charge is -2.27. The quantitative estimate of drug-likeness (QED) is 0.113. The topological polar surface area (TPSA) is 32.8 Å². The van der Waals surface area contributed by atoms with Crippen molar-refractivity contribution in [3.05, 3.63) is 212 Å². The first-order valence-electron chi connectivity index (χ1n) is 22.0. The van der Waals surface area contributed by atoms with Crippen molar-refractivity contribution < 1.29 is 8.83 Å². The van der Waals surface area contributed by atoms with Crippen LogP contribution in [0.5, 0.6) is 0 Å². The molecule has 0 unspecified atom stereocenters. The molecule has 10 aromatic carbocycles. The van der Waals surface area contributed by atoms with Gasteiger partial charge in [0, 0.05) is 55.6 Å². The molecular weight excluding hydrogens is 797 g/mol. The molecule has 0 N–H and O–H groups in total. The monoisotopic (exact) mass is 840 g/mol. The number of rotatable bonds is 8. The van der Waals surface area contributed by atoms with Gasteiger partial charge in [-0.25, -0.2) is 0 Å². The van der Waals surface area contributed by atoms with Crippen LogP contribution in [0.15, 0.2) is 221 Å². The van der Waals surface area contributed by atoms with E-state index in [2.05, 4.69) is 230 Å². The summed E-state index contributed by atoms with van der Waals surface area (Å²) < 4.78 is 13.9. The fourth-order valence-electron chi connectivity index (χ4n) is 9.69. The average Bonchev–Trinajstić information content (AvgIpc) is 3.92. The Morgan fingerprint density at radius 1 is 0.344 bits per heavy atom. The van der Waals surface area contributed by atoms with E-state index in [0.29, 0.717) is 0 Å². The molecule has 0 aliphatic heterocycles. The molecule has 306 valence electrons. The summed E-state index contributed by atoms with van der Waals surface area (Å²) in [5.74, 6) is 0. The second kappa shape index (κ2) is 14.9. The van der Waals surface area contributed by atoms with Crippen LogP contribution in [0.2, 0.25) is 19.6 Å². The van der Waals surface area contributed by atoms with Gasteiger partial charge in [0.25, 0.3) is 0 Å². The highest BCUT2D eigenvalue weighted by atomic mass is 28.3. The molecule has 0 bridgehead atoms. The van der Waals surface area contributed by atoms with Gasteiger partial charge < -0.3 is 18.6 Å². The molecule has 12 rings (SSSR count). The van der Waals surface area contributed by atoms with Crippen molar-refractivity contribution in [2.24, 2.45) is 0 Å². The van der Waals surface area contributed by atoms with Crippen LogP contribution in [-0.4, -0.2) is 8.07 Å². The molecule has 0 saturated carbocycles. The highest BCUT2D eigenvalue weighted by molar-refractivity contribution is 6.88. The molecule has 12 aromatic rings. The minimum absolute atomic E-state index is 0.821. The predicted molar refractivity (Wildman–Crippen MR) is 274 cm³/mol. The summed E-state index contributed by atoms with van der Waals surface area (Å²) in [5, 5.41) is 10.4. The van der Waals surface area contributed by atoms with Crippen molar-refractivity contribution in [2.45, 2.75) is 19.6 Å². The zero-order chi connectivity index (χ0) is 42.9. The van der Waals surface area contributed by atoms with Crippen LogP contribution in [-0.2, 0) is 0 Å². The molecule has 0 atom stereocenters. The van der Waals surface area contributed by atoms with Crippen molar-refractivity contribution >= 4 is 113 Å². The van der Waals surface area contributed by atoms with Gasteiger partial charge >= 0.3 is 0 Å². The molecule has 5 heteroatoms. The maximum Gasteiger partial charge on any atom is 0.159 e. The highest BCUT2D eigenvalue weighted by Gasteiger charge is 2.25. The third kappa shape index (κ3) is 6.19. The Kier molecular flexibility index (Phi) is 8.82. The van der Waals surface area contributed by atoms with Crippen molar-refractivity contribution in [1.82, 2.24) is 0 Å². The molecule has 0 fully saturated rings. The van der Waals surface area contributed by atoms with Gasteiger partial charge in [-0.2, -0.15) is 0 Å². The Bertz CT molecular complexity index is 3720. The first kappa shape index (κ1) is 37.9. The summed E-state index contributed by atoms with van der Waals surface area (Å²) in [6.07, 6.45) is 0. The Hall–Kier alpha value is -7.86. The molecule has 64 heavy (non-hydrogen) atoms. The van der Waals surface area contributed by atoms with E-state index in [0.717, 1.165) is 105 Å². The van der Waals surface area contributed by atoms with Crippen molar-refractivity contribution in [1.29, 1.82) is 0 Å². The first-order chi connectivity index (χ1) is 31.4. The van der Waals surface area contributed by atoms with E-state index in [4.69, 9.17) is 8.83 Å². The first-order valence-corrected chi connectivity index (χ1v) is 25.5. The molecule has 0 aliphatic carbocycles. The highest BCUT2D eigenvalue weighted by Crippen LogP contribution is 2.48. The Morgan fingerprint density at radius 3 is 1.69 bits per heavy atom. The van der Waals surface area contributed by atoms with Gasteiger partial charge in [0.2, 0.25) is 0 Å². The molecule has 0 radical (unpaired) electrons. The zero-order valence-corrected chi connectivity index (χ0v) is 36.9. The van der Waals surface area contributed by atoms with Gasteiger partial charge in [0.05, 0.1) is 25.1 Å². The lowest BCUT2D eigenvalue weighted by molar-refractivity contribution is 0.668. The number of hydrogen-bond acceptors (Lipinski definition) is 4. The molecule has 2 heterocycles. The van der Waals surface area contributed by atoms with Crippen LogP contribution in [0.4, 0.5) is 34.1 Å². The standard InChI is InChI=1S/C59H44N2O2Si/c1-64(2,3)44-33-29-41(30-34-44)60(40-19-8-5-9-20-40)42-31-35-50-52(37-42)46-22-10-11-24-48(46)57-51-36-32-43(38-56(51)63-59(50)57)61(53-26-14-12-21-45(53)39-17-6-4-7-18-39)54-27-16-25-49-47-23-13-15-28-55(47)62-58(49)54/h4-38H,1-3H3. The summed E-state index contributed by atoms with van der Waals surface area (Å²) >= 11 is 0. The van der Waals surface area contributed by atoms with Crippen LogP contribution in [0.25, 0.3) is 76.5 Å². The minimum Gasteiger partial charge on any atom is -0.455 e. The second-order valence-electron chi connectivity index (χ2n) is 17.7. The van der Waals surface area contributed by atoms with E-state index in [-0.39, 0.29) is 0 Å².